The Bertz CT molecular complexity index is 615. The van der Waals surface area contributed by atoms with E-state index in [2.05, 4.69) is 30.1 Å². The second-order valence-electron chi connectivity index (χ2n) is 7.30. The van der Waals surface area contributed by atoms with Crippen LogP contribution in [0.25, 0.3) is 0 Å². The minimum Gasteiger partial charge on any atom is -0.494 e. The second kappa shape index (κ2) is 12.5. The minimum absolute atomic E-state index is 0.0680. The Balaban J connectivity index is 1.42. The molecule has 1 aromatic rings. The molecule has 28 heavy (non-hydrogen) atoms. The second-order valence-corrected chi connectivity index (χ2v) is 7.30. The van der Waals surface area contributed by atoms with Gasteiger partial charge in [0.1, 0.15) is 18.5 Å². The highest BCUT2D eigenvalue weighted by atomic mass is 16.5. The normalized spacial score (nSPS) is 14.9. The lowest BCUT2D eigenvalue weighted by atomic mass is 9.94. The molecule has 0 bridgehead atoms. The zero-order chi connectivity index (χ0) is 20.2. The number of rotatable bonds is 14. The molecule has 0 saturated carbocycles. The van der Waals surface area contributed by atoms with Gasteiger partial charge in [-0.15, -0.1) is 0 Å². The first-order valence-corrected chi connectivity index (χ1v) is 10.1. The summed E-state index contributed by atoms with van der Waals surface area (Å²) in [6, 6.07) is 8.40. The van der Waals surface area contributed by atoms with Gasteiger partial charge in [0.15, 0.2) is 0 Å². The zero-order valence-corrected chi connectivity index (χ0v) is 16.8. The summed E-state index contributed by atoms with van der Waals surface area (Å²) >= 11 is 0. The zero-order valence-electron chi connectivity index (χ0n) is 16.8. The van der Waals surface area contributed by atoms with Crippen molar-refractivity contribution < 1.29 is 24.1 Å². The van der Waals surface area contributed by atoms with E-state index in [0.29, 0.717) is 18.1 Å². The van der Waals surface area contributed by atoms with Crippen LogP contribution in [0.15, 0.2) is 36.4 Å². The highest BCUT2D eigenvalue weighted by Crippen LogP contribution is 2.23. The average molecular weight is 392 g/mol. The Labute approximate surface area is 167 Å². The van der Waals surface area contributed by atoms with Gasteiger partial charge in [-0.3, -0.25) is 0 Å². The van der Waals surface area contributed by atoms with Crippen molar-refractivity contribution in [1.29, 1.82) is 0 Å². The van der Waals surface area contributed by atoms with Crippen LogP contribution in [0.2, 0.25) is 0 Å². The van der Waals surface area contributed by atoms with Crippen molar-refractivity contribution in [2.24, 2.45) is 0 Å². The van der Waals surface area contributed by atoms with E-state index in [4.69, 9.17) is 14.2 Å². The molecule has 1 fully saturated rings. The van der Waals surface area contributed by atoms with Crippen LogP contribution in [-0.4, -0.2) is 56.7 Å². The van der Waals surface area contributed by atoms with Crippen molar-refractivity contribution >= 4 is 5.97 Å². The Hall–Kier alpha value is -1.89. The van der Waals surface area contributed by atoms with Crippen molar-refractivity contribution in [2.45, 2.75) is 44.6 Å². The number of carbonyl (C=O) groups is 1. The molecule has 2 rings (SSSR count). The molecule has 1 unspecified atom stereocenters. The van der Waals surface area contributed by atoms with Crippen LogP contribution < -0.4 is 10.1 Å². The first kappa shape index (κ1) is 22.4. The minimum atomic E-state index is -0.803. The fraction of sp³-hybridized carbons (Fsp3) is 0.591. The lowest BCUT2D eigenvalue weighted by molar-refractivity contribution is -0.143. The molecule has 0 aromatic heterocycles. The molecule has 1 heterocycles. The van der Waals surface area contributed by atoms with Crippen LogP contribution in [0.1, 0.15) is 44.1 Å². The number of aliphatic hydroxyl groups excluding tert-OH is 1. The predicted octanol–water partition coefficient (Wildman–Crippen LogP) is 2.81. The van der Waals surface area contributed by atoms with Crippen molar-refractivity contribution in [3.8, 4) is 5.75 Å². The third-order valence-electron chi connectivity index (χ3n) is 4.63. The SMILES string of the molecule is C=C(C)C(=O)OCC(O)COCCCCCCOc1cccc(C2CNC2)c1. The van der Waals surface area contributed by atoms with Gasteiger partial charge >= 0.3 is 5.97 Å². The van der Waals surface area contributed by atoms with E-state index < -0.39 is 12.1 Å². The van der Waals surface area contributed by atoms with E-state index in [0.717, 1.165) is 51.1 Å². The molecule has 0 aliphatic carbocycles. The summed E-state index contributed by atoms with van der Waals surface area (Å²) in [5.74, 6) is 1.09. The van der Waals surface area contributed by atoms with Crippen LogP contribution in [-0.2, 0) is 14.3 Å². The molecule has 2 N–H and O–H groups in total. The van der Waals surface area contributed by atoms with E-state index in [-0.39, 0.29) is 13.2 Å². The molecule has 1 aromatic carbocycles. The average Bonchev–Trinajstić information content (AvgIpc) is 2.63. The van der Waals surface area contributed by atoms with Gasteiger partial charge in [0.05, 0.1) is 13.2 Å². The number of benzene rings is 1. The first-order chi connectivity index (χ1) is 13.6. The summed E-state index contributed by atoms with van der Waals surface area (Å²) in [4.78, 5) is 11.2. The van der Waals surface area contributed by atoms with Gasteiger partial charge in [0.25, 0.3) is 0 Å². The Morgan fingerprint density at radius 3 is 2.64 bits per heavy atom. The smallest absolute Gasteiger partial charge is 0.333 e. The highest BCUT2D eigenvalue weighted by molar-refractivity contribution is 5.86. The van der Waals surface area contributed by atoms with Crippen LogP contribution in [0.4, 0.5) is 0 Å². The molecule has 1 aliphatic heterocycles. The third kappa shape index (κ3) is 8.42. The van der Waals surface area contributed by atoms with Crippen molar-refractivity contribution in [1.82, 2.24) is 5.32 Å². The first-order valence-electron chi connectivity index (χ1n) is 10.1. The monoisotopic (exact) mass is 391 g/mol. The van der Waals surface area contributed by atoms with Crippen LogP contribution in [0, 0.1) is 0 Å². The van der Waals surface area contributed by atoms with Crippen LogP contribution in [0.5, 0.6) is 5.75 Å². The molecule has 1 aliphatic rings. The lowest BCUT2D eigenvalue weighted by Gasteiger charge is -2.27. The van der Waals surface area contributed by atoms with E-state index >= 15 is 0 Å². The third-order valence-corrected chi connectivity index (χ3v) is 4.63. The maximum atomic E-state index is 11.2. The fourth-order valence-electron chi connectivity index (χ4n) is 2.79. The molecule has 6 nitrogen and oxygen atoms in total. The fourth-order valence-corrected chi connectivity index (χ4v) is 2.79. The standard InChI is InChI=1S/C22H33NO5/c1-17(2)22(25)28-16-20(24)15-26-10-5-3-4-6-11-27-21-9-7-8-18(12-21)19-13-23-14-19/h7-9,12,19-20,23-24H,1,3-6,10-11,13-16H2,2H3. The number of ether oxygens (including phenoxy) is 3. The largest absolute Gasteiger partial charge is 0.494 e. The summed E-state index contributed by atoms with van der Waals surface area (Å²) in [6.07, 6.45) is 3.27. The number of unbranched alkanes of at least 4 members (excludes halogenated alkanes) is 3. The Morgan fingerprint density at radius 2 is 1.96 bits per heavy atom. The Kier molecular flexibility index (Phi) is 10.0. The molecular weight excluding hydrogens is 358 g/mol. The highest BCUT2D eigenvalue weighted by Gasteiger charge is 2.18. The molecular formula is C22H33NO5. The van der Waals surface area contributed by atoms with E-state index in [1.807, 2.05) is 6.07 Å². The van der Waals surface area contributed by atoms with Gasteiger partial charge in [-0.05, 0) is 43.9 Å². The summed E-state index contributed by atoms with van der Waals surface area (Å²) in [5.41, 5.74) is 1.67. The van der Waals surface area contributed by atoms with Crippen molar-refractivity contribution in [2.75, 3.05) is 39.5 Å². The van der Waals surface area contributed by atoms with Gasteiger partial charge in [0.2, 0.25) is 0 Å². The quantitative estimate of drug-likeness (QED) is 0.289. The summed E-state index contributed by atoms with van der Waals surface area (Å²) < 4.78 is 16.1. The number of hydrogen-bond acceptors (Lipinski definition) is 6. The van der Waals surface area contributed by atoms with Crippen molar-refractivity contribution in [3.63, 3.8) is 0 Å². The van der Waals surface area contributed by atoms with Crippen LogP contribution >= 0.6 is 0 Å². The molecule has 6 heteroatoms. The number of carbonyl (C=O) groups excluding carboxylic acids is 1. The van der Waals surface area contributed by atoms with Gasteiger partial charge in [0, 0.05) is 31.2 Å². The molecule has 0 radical (unpaired) electrons. The van der Waals surface area contributed by atoms with E-state index in [1.54, 1.807) is 6.92 Å². The predicted molar refractivity (Wildman–Crippen MR) is 109 cm³/mol. The molecule has 0 amide bonds. The molecule has 1 saturated heterocycles. The number of hydrogen-bond donors (Lipinski definition) is 2. The van der Waals surface area contributed by atoms with E-state index in [9.17, 15) is 9.90 Å². The summed E-state index contributed by atoms with van der Waals surface area (Å²) in [6.45, 7) is 8.58. The summed E-state index contributed by atoms with van der Waals surface area (Å²) in [5, 5.41) is 13.0. The number of aliphatic hydroxyl groups is 1. The maximum absolute atomic E-state index is 11.2. The summed E-state index contributed by atoms with van der Waals surface area (Å²) in [7, 11) is 0. The maximum Gasteiger partial charge on any atom is 0.333 e. The van der Waals surface area contributed by atoms with Gasteiger partial charge in [-0.2, -0.15) is 0 Å². The van der Waals surface area contributed by atoms with Gasteiger partial charge in [-0.1, -0.05) is 25.1 Å². The van der Waals surface area contributed by atoms with E-state index in [1.165, 1.54) is 5.56 Å². The Morgan fingerprint density at radius 1 is 1.21 bits per heavy atom. The van der Waals surface area contributed by atoms with Crippen LogP contribution in [0.3, 0.4) is 0 Å². The molecule has 1 atom stereocenters. The number of nitrogens with one attached hydrogen (secondary N) is 1. The van der Waals surface area contributed by atoms with Crippen molar-refractivity contribution in [3.05, 3.63) is 42.0 Å². The van der Waals surface area contributed by atoms with Gasteiger partial charge < -0.3 is 24.6 Å². The van der Waals surface area contributed by atoms with Gasteiger partial charge in [-0.25, -0.2) is 4.79 Å². The molecule has 0 spiro atoms. The molecule has 156 valence electrons. The number of esters is 1. The lowest BCUT2D eigenvalue weighted by Crippen LogP contribution is -2.39. The topological polar surface area (TPSA) is 77.0 Å².